The third-order valence-electron chi connectivity index (χ3n) is 3.70. The second-order valence-corrected chi connectivity index (χ2v) is 6.84. The molecule has 0 heterocycles. The minimum Gasteiger partial charge on any atom is -0.267 e. The molecule has 0 fully saturated rings. The number of terminal acetylenes is 1. The monoisotopic (exact) mass is 334 g/mol. The van der Waals surface area contributed by atoms with Crippen molar-refractivity contribution in [2.45, 2.75) is 33.2 Å². The van der Waals surface area contributed by atoms with E-state index < -0.39 is 5.54 Å². The number of carbonyl (C=O) groups is 2. The fraction of sp³-hybridized carbons (Fsp3) is 0.238. The summed E-state index contributed by atoms with van der Waals surface area (Å²) < 4.78 is 0. The van der Waals surface area contributed by atoms with Crippen LogP contribution in [0, 0.1) is 19.3 Å². The van der Waals surface area contributed by atoms with Crippen LogP contribution in [0.3, 0.4) is 0 Å². The summed E-state index contributed by atoms with van der Waals surface area (Å²) in [6.45, 7) is 7.52. The molecule has 0 aromatic heterocycles. The van der Waals surface area contributed by atoms with Gasteiger partial charge in [-0.15, -0.1) is 6.42 Å². The van der Waals surface area contributed by atoms with Crippen LogP contribution in [0.2, 0.25) is 0 Å². The Hall–Kier alpha value is -3.06. The first-order valence-electron chi connectivity index (χ1n) is 8.01. The maximum atomic E-state index is 12.9. The van der Waals surface area contributed by atoms with E-state index in [-0.39, 0.29) is 11.8 Å². The molecule has 2 rings (SSSR count). The number of carbonyl (C=O) groups excluding carboxylic acids is 2. The molecule has 25 heavy (non-hydrogen) atoms. The van der Waals surface area contributed by atoms with Crippen LogP contribution >= 0.6 is 0 Å². The Kier molecular flexibility index (Phi) is 5.29. The maximum absolute atomic E-state index is 12.9. The molecule has 0 aliphatic carbocycles. The van der Waals surface area contributed by atoms with Crippen LogP contribution in [-0.4, -0.2) is 22.4 Å². The van der Waals surface area contributed by atoms with Gasteiger partial charge in [0, 0.05) is 16.7 Å². The molecule has 0 saturated carbocycles. The van der Waals surface area contributed by atoms with Gasteiger partial charge in [-0.3, -0.25) is 15.0 Å². The number of hydrazine groups is 1. The van der Waals surface area contributed by atoms with Crippen LogP contribution in [0.1, 0.15) is 52.6 Å². The Balaban J connectivity index is 2.26. The normalized spacial score (nSPS) is 10.7. The highest BCUT2D eigenvalue weighted by molar-refractivity contribution is 5.99. The zero-order chi connectivity index (χ0) is 18.6. The first-order valence-corrected chi connectivity index (χ1v) is 8.01. The number of nitrogens with zero attached hydrogens (tertiary/aromatic N) is 1. The maximum Gasteiger partial charge on any atom is 0.272 e. The summed E-state index contributed by atoms with van der Waals surface area (Å²) in [5.41, 5.74) is 4.84. The molecule has 0 atom stereocenters. The van der Waals surface area contributed by atoms with Crippen LogP contribution < -0.4 is 5.43 Å². The minimum absolute atomic E-state index is 0.295. The van der Waals surface area contributed by atoms with Crippen molar-refractivity contribution in [3.8, 4) is 12.3 Å². The van der Waals surface area contributed by atoms with Gasteiger partial charge in [-0.2, -0.15) is 0 Å². The zero-order valence-corrected chi connectivity index (χ0v) is 15.0. The van der Waals surface area contributed by atoms with E-state index in [0.29, 0.717) is 16.7 Å². The first-order chi connectivity index (χ1) is 11.7. The molecule has 4 nitrogen and oxygen atoms in total. The third-order valence-corrected chi connectivity index (χ3v) is 3.70. The first kappa shape index (κ1) is 18.3. The standard InChI is InChI=1S/C21H22N2O2/c1-6-16-9-13-18(14-10-16)20(25)23(21(3,4)5)22-19(24)17-11-7-15(2)8-12-17/h1,7-14H,2-5H3,(H,22,24). The topological polar surface area (TPSA) is 49.4 Å². The summed E-state index contributed by atoms with van der Waals surface area (Å²) in [5, 5.41) is 1.35. The van der Waals surface area contributed by atoms with Crippen molar-refractivity contribution in [1.29, 1.82) is 0 Å². The quantitative estimate of drug-likeness (QED) is 0.674. The Morgan fingerprint density at radius 2 is 1.48 bits per heavy atom. The van der Waals surface area contributed by atoms with Gasteiger partial charge in [0.15, 0.2) is 0 Å². The second kappa shape index (κ2) is 7.23. The number of aryl methyl sites for hydroxylation is 1. The number of nitrogens with one attached hydrogen (secondary N) is 1. The van der Waals surface area contributed by atoms with Gasteiger partial charge in [0.25, 0.3) is 11.8 Å². The second-order valence-electron chi connectivity index (χ2n) is 6.84. The van der Waals surface area contributed by atoms with E-state index in [4.69, 9.17) is 6.42 Å². The SMILES string of the molecule is C#Cc1ccc(C(=O)N(NC(=O)c2ccc(C)cc2)C(C)(C)C)cc1. The molecule has 4 heteroatoms. The molecule has 0 bridgehead atoms. The van der Waals surface area contributed by atoms with Gasteiger partial charge in [-0.25, -0.2) is 5.01 Å². The van der Waals surface area contributed by atoms with Crippen molar-refractivity contribution < 1.29 is 9.59 Å². The highest BCUT2D eigenvalue weighted by atomic mass is 16.2. The number of hydrogen-bond acceptors (Lipinski definition) is 2. The lowest BCUT2D eigenvalue weighted by Crippen LogP contribution is -2.55. The molecule has 0 aliphatic heterocycles. The molecule has 2 amide bonds. The lowest BCUT2D eigenvalue weighted by molar-refractivity contribution is 0.0358. The zero-order valence-electron chi connectivity index (χ0n) is 15.0. The lowest BCUT2D eigenvalue weighted by atomic mass is 10.1. The Morgan fingerprint density at radius 1 is 0.960 bits per heavy atom. The molecular formula is C21H22N2O2. The fourth-order valence-electron chi connectivity index (χ4n) is 2.23. The molecule has 0 unspecified atom stereocenters. The van der Waals surface area contributed by atoms with E-state index in [2.05, 4.69) is 11.3 Å². The molecule has 2 aromatic carbocycles. The fourth-order valence-corrected chi connectivity index (χ4v) is 2.23. The Labute approximate surface area is 148 Å². The molecular weight excluding hydrogens is 312 g/mol. The summed E-state index contributed by atoms with van der Waals surface area (Å²) in [6.07, 6.45) is 5.34. The largest absolute Gasteiger partial charge is 0.272 e. The summed E-state index contributed by atoms with van der Waals surface area (Å²) in [7, 11) is 0. The van der Waals surface area contributed by atoms with Crippen LogP contribution in [0.5, 0.6) is 0 Å². The van der Waals surface area contributed by atoms with Crippen molar-refractivity contribution >= 4 is 11.8 Å². The minimum atomic E-state index is -0.595. The van der Waals surface area contributed by atoms with Gasteiger partial charge in [0.05, 0.1) is 5.54 Å². The predicted octanol–water partition coefficient (Wildman–Crippen LogP) is 3.56. The molecule has 0 radical (unpaired) electrons. The van der Waals surface area contributed by atoms with E-state index in [0.717, 1.165) is 5.56 Å². The molecule has 0 aliphatic rings. The average Bonchev–Trinajstić information content (AvgIpc) is 2.58. The number of rotatable bonds is 2. The Bertz CT molecular complexity index is 807. The van der Waals surface area contributed by atoms with Gasteiger partial charge in [0.2, 0.25) is 0 Å². The van der Waals surface area contributed by atoms with Gasteiger partial charge in [-0.1, -0.05) is 23.6 Å². The molecule has 1 N–H and O–H groups in total. The highest BCUT2D eigenvalue weighted by Gasteiger charge is 2.29. The summed E-state index contributed by atoms with van der Waals surface area (Å²) in [6, 6.07) is 13.9. The van der Waals surface area contributed by atoms with E-state index in [1.54, 1.807) is 36.4 Å². The van der Waals surface area contributed by atoms with E-state index in [9.17, 15) is 9.59 Å². The van der Waals surface area contributed by atoms with Crippen LogP contribution in [0.25, 0.3) is 0 Å². The number of hydrogen-bond donors (Lipinski definition) is 1. The van der Waals surface area contributed by atoms with Crippen LogP contribution in [0.4, 0.5) is 0 Å². The molecule has 128 valence electrons. The van der Waals surface area contributed by atoms with Gasteiger partial charge >= 0.3 is 0 Å². The highest BCUT2D eigenvalue weighted by Crippen LogP contribution is 2.16. The average molecular weight is 334 g/mol. The van der Waals surface area contributed by atoms with E-state index in [1.807, 2.05) is 39.8 Å². The smallest absolute Gasteiger partial charge is 0.267 e. The summed E-state index contributed by atoms with van der Waals surface area (Å²) in [5.74, 6) is 1.89. The number of benzene rings is 2. The number of amides is 2. The predicted molar refractivity (Wildman–Crippen MR) is 98.9 cm³/mol. The van der Waals surface area contributed by atoms with Crippen LogP contribution in [-0.2, 0) is 0 Å². The van der Waals surface area contributed by atoms with Crippen molar-refractivity contribution in [3.05, 3.63) is 70.8 Å². The summed E-state index contributed by atoms with van der Waals surface area (Å²) in [4.78, 5) is 25.4. The lowest BCUT2D eigenvalue weighted by Gasteiger charge is -2.35. The van der Waals surface area contributed by atoms with Crippen LogP contribution in [0.15, 0.2) is 48.5 Å². The van der Waals surface area contributed by atoms with Gasteiger partial charge in [0.1, 0.15) is 0 Å². The van der Waals surface area contributed by atoms with Crippen molar-refractivity contribution in [2.75, 3.05) is 0 Å². The molecule has 0 spiro atoms. The summed E-state index contributed by atoms with van der Waals surface area (Å²) >= 11 is 0. The van der Waals surface area contributed by atoms with Gasteiger partial charge < -0.3 is 0 Å². The molecule has 0 saturated heterocycles. The third kappa shape index (κ3) is 4.48. The van der Waals surface area contributed by atoms with Crippen molar-refractivity contribution in [2.24, 2.45) is 0 Å². The van der Waals surface area contributed by atoms with E-state index >= 15 is 0 Å². The van der Waals surface area contributed by atoms with Gasteiger partial charge in [-0.05, 0) is 64.1 Å². The van der Waals surface area contributed by atoms with Crippen molar-refractivity contribution in [3.63, 3.8) is 0 Å². The molecule has 2 aromatic rings. The van der Waals surface area contributed by atoms with Crippen molar-refractivity contribution in [1.82, 2.24) is 10.4 Å². The Morgan fingerprint density at radius 3 is 1.96 bits per heavy atom. The van der Waals surface area contributed by atoms with E-state index in [1.165, 1.54) is 5.01 Å².